The molecule has 146 valence electrons. The Labute approximate surface area is 158 Å². The van der Waals surface area contributed by atoms with Gasteiger partial charge in [0.1, 0.15) is 5.60 Å². The van der Waals surface area contributed by atoms with Crippen LogP contribution in [0.25, 0.3) is 0 Å². The van der Waals surface area contributed by atoms with Gasteiger partial charge in [-0.15, -0.1) is 0 Å². The summed E-state index contributed by atoms with van der Waals surface area (Å²) in [4.78, 5) is 16.7. The maximum absolute atomic E-state index is 12.4. The van der Waals surface area contributed by atoms with Crippen molar-refractivity contribution in [2.24, 2.45) is 0 Å². The zero-order valence-corrected chi connectivity index (χ0v) is 16.6. The third kappa shape index (κ3) is 8.19. The van der Waals surface area contributed by atoms with Gasteiger partial charge < -0.3 is 14.4 Å². The summed E-state index contributed by atoms with van der Waals surface area (Å²) in [5, 5.41) is 0. The van der Waals surface area contributed by atoms with Crippen LogP contribution in [0.3, 0.4) is 0 Å². The predicted octanol–water partition coefficient (Wildman–Crippen LogP) is 3.93. The number of carbonyl (C=O) groups is 1. The fraction of sp³-hybridized carbons (Fsp3) is 0.667. The van der Waals surface area contributed by atoms with Crippen molar-refractivity contribution in [2.75, 3.05) is 39.4 Å². The molecule has 0 spiro atoms. The van der Waals surface area contributed by atoms with Gasteiger partial charge in [-0.25, -0.2) is 4.79 Å². The first-order valence-electron chi connectivity index (χ1n) is 9.76. The van der Waals surface area contributed by atoms with E-state index in [-0.39, 0.29) is 6.09 Å². The maximum Gasteiger partial charge on any atom is 0.410 e. The van der Waals surface area contributed by atoms with Crippen LogP contribution in [0.5, 0.6) is 0 Å². The van der Waals surface area contributed by atoms with Gasteiger partial charge in [-0.05, 0) is 52.1 Å². The molecule has 0 aromatic heterocycles. The molecule has 1 heterocycles. The van der Waals surface area contributed by atoms with Gasteiger partial charge in [0.25, 0.3) is 0 Å². The molecule has 5 nitrogen and oxygen atoms in total. The second-order valence-electron chi connectivity index (χ2n) is 7.90. The van der Waals surface area contributed by atoms with E-state index in [9.17, 15) is 4.79 Å². The number of nitrogens with zero attached hydrogens (tertiary/aromatic N) is 2. The first-order chi connectivity index (χ1) is 12.4. The molecule has 0 N–H and O–H groups in total. The van der Waals surface area contributed by atoms with Crippen LogP contribution in [0, 0.1) is 0 Å². The highest BCUT2D eigenvalue weighted by Gasteiger charge is 2.22. The lowest BCUT2D eigenvalue weighted by Crippen LogP contribution is -2.40. The number of hydrogen-bond acceptors (Lipinski definition) is 4. The molecule has 0 bridgehead atoms. The van der Waals surface area contributed by atoms with Crippen LogP contribution in [0.4, 0.5) is 4.79 Å². The lowest BCUT2D eigenvalue weighted by molar-refractivity contribution is 0.0157. The zero-order chi connectivity index (χ0) is 18.8. The summed E-state index contributed by atoms with van der Waals surface area (Å²) >= 11 is 0. The van der Waals surface area contributed by atoms with Crippen molar-refractivity contribution in [1.29, 1.82) is 0 Å². The second-order valence-corrected chi connectivity index (χ2v) is 7.90. The molecule has 1 aromatic rings. The molecule has 1 fully saturated rings. The van der Waals surface area contributed by atoms with Crippen LogP contribution in [0.2, 0.25) is 0 Å². The first kappa shape index (κ1) is 20.7. The highest BCUT2D eigenvalue weighted by Crippen LogP contribution is 2.12. The smallest absolute Gasteiger partial charge is 0.410 e. The minimum absolute atomic E-state index is 0.243. The molecule has 0 saturated carbocycles. The van der Waals surface area contributed by atoms with Gasteiger partial charge in [0, 0.05) is 32.8 Å². The van der Waals surface area contributed by atoms with Crippen molar-refractivity contribution < 1.29 is 14.3 Å². The van der Waals surface area contributed by atoms with E-state index in [1.165, 1.54) is 5.56 Å². The summed E-state index contributed by atoms with van der Waals surface area (Å²) in [7, 11) is 0. The number of benzene rings is 1. The van der Waals surface area contributed by atoms with Crippen molar-refractivity contribution >= 4 is 6.09 Å². The van der Waals surface area contributed by atoms with Crippen molar-refractivity contribution in [2.45, 2.75) is 52.2 Å². The van der Waals surface area contributed by atoms with Crippen molar-refractivity contribution in [3.8, 4) is 0 Å². The Morgan fingerprint density at radius 3 is 2.46 bits per heavy atom. The summed E-state index contributed by atoms with van der Waals surface area (Å²) in [6, 6.07) is 10.6. The van der Waals surface area contributed by atoms with E-state index in [1.807, 2.05) is 20.8 Å². The molecular formula is C21H34N2O3. The lowest BCUT2D eigenvalue weighted by Gasteiger charge is -2.29. The molecule has 1 amide bonds. The maximum atomic E-state index is 12.4. The molecule has 1 aliphatic rings. The highest BCUT2D eigenvalue weighted by molar-refractivity contribution is 5.68. The van der Waals surface area contributed by atoms with Gasteiger partial charge in [-0.1, -0.05) is 30.3 Å². The summed E-state index contributed by atoms with van der Waals surface area (Å²) in [5.41, 5.74) is 0.862. The number of hydrogen-bond donors (Lipinski definition) is 0. The summed E-state index contributed by atoms with van der Waals surface area (Å²) in [6.07, 6.45) is 2.89. The van der Waals surface area contributed by atoms with E-state index in [0.717, 1.165) is 45.5 Å². The number of amides is 1. The van der Waals surface area contributed by atoms with Crippen molar-refractivity contribution in [3.05, 3.63) is 35.9 Å². The van der Waals surface area contributed by atoms with Gasteiger partial charge >= 0.3 is 6.09 Å². The van der Waals surface area contributed by atoms with Gasteiger partial charge in [-0.3, -0.25) is 4.90 Å². The predicted molar refractivity (Wildman–Crippen MR) is 104 cm³/mol. The van der Waals surface area contributed by atoms with E-state index >= 15 is 0 Å². The second kappa shape index (κ2) is 10.5. The SMILES string of the molecule is CC(C)(C)OC(=O)N1CCCN(Cc2ccccc2)CCCCOCC1. The fourth-order valence-corrected chi connectivity index (χ4v) is 3.03. The standard InChI is InChI=1S/C21H34N2O3/c1-21(2,3)26-20(24)23-14-9-13-22(12-7-8-16-25-17-15-23)18-19-10-5-4-6-11-19/h4-6,10-11H,7-9,12-18H2,1-3H3. The third-order valence-electron chi connectivity index (χ3n) is 4.32. The monoisotopic (exact) mass is 362 g/mol. The largest absolute Gasteiger partial charge is 0.444 e. The molecule has 0 aliphatic carbocycles. The van der Waals surface area contributed by atoms with Gasteiger partial charge in [0.05, 0.1) is 6.61 Å². The molecule has 1 aliphatic heterocycles. The topological polar surface area (TPSA) is 42.0 Å². The molecule has 1 aromatic carbocycles. The third-order valence-corrected chi connectivity index (χ3v) is 4.32. The Kier molecular flexibility index (Phi) is 8.39. The molecular weight excluding hydrogens is 328 g/mol. The van der Waals surface area contributed by atoms with Crippen molar-refractivity contribution in [3.63, 3.8) is 0 Å². The van der Waals surface area contributed by atoms with Gasteiger partial charge in [0.15, 0.2) is 0 Å². The molecule has 2 rings (SSSR count). The lowest BCUT2D eigenvalue weighted by atomic mass is 10.2. The van der Waals surface area contributed by atoms with E-state index in [1.54, 1.807) is 4.90 Å². The quantitative estimate of drug-likeness (QED) is 0.799. The van der Waals surface area contributed by atoms with Crippen LogP contribution in [-0.4, -0.2) is 60.9 Å². The molecule has 0 unspecified atom stereocenters. The number of rotatable bonds is 2. The van der Waals surface area contributed by atoms with E-state index in [2.05, 4.69) is 35.2 Å². The first-order valence-corrected chi connectivity index (χ1v) is 9.76. The van der Waals surface area contributed by atoms with Crippen LogP contribution in [-0.2, 0) is 16.0 Å². The van der Waals surface area contributed by atoms with E-state index < -0.39 is 5.60 Å². The Hall–Kier alpha value is -1.59. The summed E-state index contributed by atoms with van der Waals surface area (Å²) < 4.78 is 11.2. The van der Waals surface area contributed by atoms with Crippen LogP contribution < -0.4 is 0 Å². The minimum Gasteiger partial charge on any atom is -0.444 e. The number of carbonyl (C=O) groups excluding carboxylic acids is 1. The molecule has 0 radical (unpaired) electrons. The van der Waals surface area contributed by atoms with Gasteiger partial charge in [-0.2, -0.15) is 0 Å². The summed E-state index contributed by atoms with van der Waals surface area (Å²) in [6.45, 7) is 11.3. The highest BCUT2D eigenvalue weighted by atomic mass is 16.6. The zero-order valence-electron chi connectivity index (χ0n) is 16.6. The molecule has 1 saturated heterocycles. The Bertz CT molecular complexity index is 528. The normalized spacial score (nSPS) is 18.7. The van der Waals surface area contributed by atoms with E-state index in [4.69, 9.17) is 9.47 Å². The van der Waals surface area contributed by atoms with E-state index in [0.29, 0.717) is 19.7 Å². The Morgan fingerprint density at radius 1 is 1.00 bits per heavy atom. The Balaban J connectivity index is 1.93. The molecule has 5 heteroatoms. The van der Waals surface area contributed by atoms with Crippen LogP contribution >= 0.6 is 0 Å². The number of ether oxygens (including phenoxy) is 2. The average molecular weight is 363 g/mol. The fourth-order valence-electron chi connectivity index (χ4n) is 3.03. The van der Waals surface area contributed by atoms with Crippen molar-refractivity contribution in [1.82, 2.24) is 9.80 Å². The summed E-state index contributed by atoms with van der Waals surface area (Å²) in [5.74, 6) is 0. The Morgan fingerprint density at radius 2 is 1.73 bits per heavy atom. The average Bonchev–Trinajstić information content (AvgIpc) is 2.56. The van der Waals surface area contributed by atoms with Crippen LogP contribution in [0.1, 0.15) is 45.6 Å². The minimum atomic E-state index is -0.471. The van der Waals surface area contributed by atoms with Crippen LogP contribution in [0.15, 0.2) is 30.3 Å². The molecule has 26 heavy (non-hydrogen) atoms. The molecule has 0 atom stereocenters. The van der Waals surface area contributed by atoms with Gasteiger partial charge in [0.2, 0.25) is 0 Å².